The third kappa shape index (κ3) is 3.12. The van der Waals surface area contributed by atoms with Crippen LogP contribution in [0.2, 0.25) is 0 Å². The molecule has 1 aromatic heterocycles. The molecule has 0 bridgehead atoms. The molecule has 6 heteroatoms. The second kappa shape index (κ2) is 5.85. The van der Waals surface area contributed by atoms with Crippen LogP contribution in [0.1, 0.15) is 41.7 Å². The van der Waals surface area contributed by atoms with Crippen LogP contribution in [-0.2, 0) is 22.4 Å². The molecule has 2 N–H and O–H groups in total. The minimum atomic E-state index is -1.17. The van der Waals surface area contributed by atoms with Gasteiger partial charge in [0.2, 0.25) is 5.91 Å². The first-order chi connectivity index (χ1) is 9.11. The van der Waals surface area contributed by atoms with E-state index in [1.165, 1.54) is 11.3 Å². The lowest BCUT2D eigenvalue weighted by Gasteiger charge is -2.01. The number of amides is 1. The van der Waals surface area contributed by atoms with Crippen molar-refractivity contribution in [3.8, 4) is 6.07 Å². The molecule has 0 saturated heterocycles. The largest absolute Gasteiger partial charge is 0.481 e. The molecule has 5 nitrogen and oxygen atoms in total. The molecule has 0 radical (unpaired) electrons. The highest BCUT2D eigenvalue weighted by atomic mass is 32.1. The van der Waals surface area contributed by atoms with Crippen LogP contribution >= 0.6 is 11.3 Å². The zero-order valence-corrected chi connectivity index (χ0v) is 11.2. The van der Waals surface area contributed by atoms with Crippen molar-refractivity contribution < 1.29 is 14.7 Å². The van der Waals surface area contributed by atoms with Crippen LogP contribution in [0.5, 0.6) is 0 Å². The summed E-state index contributed by atoms with van der Waals surface area (Å²) in [5.41, 5.74) is 1.55. The van der Waals surface area contributed by atoms with E-state index in [0.29, 0.717) is 10.6 Å². The number of thiophene rings is 1. The summed E-state index contributed by atoms with van der Waals surface area (Å²) in [7, 11) is 0. The SMILES string of the molecule is N#Cc1c(NC(=O)CC(=O)O)sc2c1CCCCC2. The quantitative estimate of drug-likeness (QED) is 0.655. The van der Waals surface area contributed by atoms with E-state index in [1.807, 2.05) is 0 Å². The zero-order valence-electron chi connectivity index (χ0n) is 10.4. The third-order valence-electron chi connectivity index (χ3n) is 3.10. The minimum Gasteiger partial charge on any atom is -0.481 e. The number of carboxylic acid groups (broad SMARTS) is 1. The predicted molar refractivity (Wildman–Crippen MR) is 71.2 cm³/mol. The van der Waals surface area contributed by atoms with E-state index in [4.69, 9.17) is 5.11 Å². The predicted octanol–water partition coefficient (Wildman–Crippen LogP) is 2.30. The number of carboxylic acids is 1. The summed E-state index contributed by atoms with van der Waals surface area (Å²) in [5.74, 6) is -1.76. The summed E-state index contributed by atoms with van der Waals surface area (Å²) >= 11 is 1.41. The van der Waals surface area contributed by atoms with Crippen LogP contribution in [0.25, 0.3) is 0 Å². The molecule has 1 aliphatic carbocycles. The van der Waals surface area contributed by atoms with Gasteiger partial charge in [0.05, 0.1) is 5.56 Å². The summed E-state index contributed by atoms with van der Waals surface area (Å²) in [6.45, 7) is 0. The van der Waals surface area contributed by atoms with Crippen molar-refractivity contribution >= 4 is 28.2 Å². The fourth-order valence-electron chi connectivity index (χ4n) is 2.26. The van der Waals surface area contributed by atoms with E-state index in [0.717, 1.165) is 42.5 Å². The molecule has 1 amide bonds. The van der Waals surface area contributed by atoms with Gasteiger partial charge in [-0.2, -0.15) is 5.26 Å². The number of aryl methyl sites for hydroxylation is 1. The molecule has 2 rings (SSSR count). The maximum Gasteiger partial charge on any atom is 0.312 e. The lowest BCUT2D eigenvalue weighted by molar-refractivity contribution is -0.139. The first-order valence-corrected chi connectivity index (χ1v) is 6.99. The molecule has 1 aliphatic rings. The highest BCUT2D eigenvalue weighted by Crippen LogP contribution is 2.36. The number of hydrogen-bond acceptors (Lipinski definition) is 4. The molecule has 0 spiro atoms. The summed E-state index contributed by atoms with van der Waals surface area (Å²) < 4.78 is 0. The molecule has 1 heterocycles. The van der Waals surface area contributed by atoms with Gasteiger partial charge in [0.25, 0.3) is 0 Å². The van der Waals surface area contributed by atoms with Gasteiger partial charge in [-0.25, -0.2) is 0 Å². The van der Waals surface area contributed by atoms with Gasteiger partial charge in [-0.3, -0.25) is 9.59 Å². The number of anilines is 1. The second-order valence-corrected chi connectivity index (χ2v) is 5.60. The Bertz CT molecular complexity index is 557. The van der Waals surface area contributed by atoms with E-state index in [9.17, 15) is 14.9 Å². The Balaban J connectivity index is 2.24. The summed E-state index contributed by atoms with van der Waals surface area (Å²) in [6.07, 6.45) is 4.54. The number of hydrogen-bond donors (Lipinski definition) is 2. The number of nitriles is 1. The minimum absolute atomic E-state index is 0.501. The molecule has 0 saturated carbocycles. The van der Waals surface area contributed by atoms with Crippen LogP contribution in [-0.4, -0.2) is 17.0 Å². The molecule has 0 aromatic carbocycles. The maximum atomic E-state index is 11.5. The lowest BCUT2D eigenvalue weighted by atomic mass is 10.1. The molecule has 19 heavy (non-hydrogen) atoms. The zero-order chi connectivity index (χ0) is 13.8. The average Bonchev–Trinajstić information content (AvgIpc) is 2.51. The fraction of sp³-hybridized carbons (Fsp3) is 0.462. The summed E-state index contributed by atoms with van der Waals surface area (Å²) in [5, 5.41) is 20.9. The average molecular weight is 278 g/mol. The Morgan fingerprint density at radius 2 is 2.05 bits per heavy atom. The number of carbonyl (C=O) groups is 2. The third-order valence-corrected chi connectivity index (χ3v) is 4.31. The van der Waals surface area contributed by atoms with Gasteiger partial charge in [0.15, 0.2) is 0 Å². The fourth-order valence-corrected chi connectivity index (χ4v) is 3.51. The summed E-state index contributed by atoms with van der Waals surface area (Å²) in [6, 6.07) is 2.14. The Hall–Kier alpha value is -1.87. The van der Waals surface area contributed by atoms with Crippen molar-refractivity contribution in [2.75, 3.05) is 5.32 Å². The molecular formula is C13H14N2O3S. The molecule has 0 atom stereocenters. The van der Waals surface area contributed by atoms with Gasteiger partial charge in [0, 0.05) is 4.88 Å². The van der Waals surface area contributed by atoms with E-state index in [-0.39, 0.29) is 0 Å². The highest BCUT2D eigenvalue weighted by molar-refractivity contribution is 7.16. The van der Waals surface area contributed by atoms with Crippen LogP contribution in [0.4, 0.5) is 5.00 Å². The standard InChI is InChI=1S/C13H14N2O3S/c14-7-9-8-4-2-1-3-5-10(8)19-13(9)15-11(16)6-12(17)18/h1-6H2,(H,15,16)(H,17,18). The van der Waals surface area contributed by atoms with Gasteiger partial charge in [0.1, 0.15) is 17.5 Å². The Morgan fingerprint density at radius 3 is 2.74 bits per heavy atom. The molecule has 0 fully saturated rings. The number of carbonyl (C=O) groups excluding carboxylic acids is 1. The Kier molecular flexibility index (Phi) is 4.17. The monoisotopic (exact) mass is 278 g/mol. The molecule has 100 valence electrons. The molecule has 1 aromatic rings. The van der Waals surface area contributed by atoms with Crippen molar-refractivity contribution in [1.82, 2.24) is 0 Å². The van der Waals surface area contributed by atoms with Crippen LogP contribution in [0.3, 0.4) is 0 Å². The van der Waals surface area contributed by atoms with E-state index < -0.39 is 18.3 Å². The molecule has 0 aliphatic heterocycles. The Labute approximate surface area is 114 Å². The van der Waals surface area contributed by atoms with Crippen LogP contribution in [0, 0.1) is 11.3 Å². The van der Waals surface area contributed by atoms with Gasteiger partial charge >= 0.3 is 5.97 Å². The van der Waals surface area contributed by atoms with Crippen molar-refractivity contribution in [1.29, 1.82) is 5.26 Å². The van der Waals surface area contributed by atoms with E-state index in [2.05, 4.69) is 11.4 Å². The van der Waals surface area contributed by atoms with Gasteiger partial charge < -0.3 is 10.4 Å². The van der Waals surface area contributed by atoms with E-state index >= 15 is 0 Å². The Morgan fingerprint density at radius 1 is 1.32 bits per heavy atom. The normalized spacial score (nSPS) is 14.1. The van der Waals surface area contributed by atoms with Gasteiger partial charge in [-0.1, -0.05) is 6.42 Å². The number of nitrogens with one attached hydrogen (secondary N) is 1. The second-order valence-electron chi connectivity index (χ2n) is 4.50. The topological polar surface area (TPSA) is 90.2 Å². The van der Waals surface area contributed by atoms with Crippen molar-refractivity contribution in [3.63, 3.8) is 0 Å². The molecule has 0 unspecified atom stereocenters. The van der Waals surface area contributed by atoms with E-state index in [1.54, 1.807) is 0 Å². The number of fused-ring (bicyclic) bond motifs is 1. The van der Waals surface area contributed by atoms with Crippen LogP contribution in [0.15, 0.2) is 0 Å². The first kappa shape index (κ1) is 13.6. The van der Waals surface area contributed by atoms with Gasteiger partial charge in [-0.15, -0.1) is 11.3 Å². The smallest absolute Gasteiger partial charge is 0.312 e. The first-order valence-electron chi connectivity index (χ1n) is 6.18. The van der Waals surface area contributed by atoms with Gasteiger partial charge in [-0.05, 0) is 31.2 Å². The highest BCUT2D eigenvalue weighted by Gasteiger charge is 2.21. The number of nitrogens with zero attached hydrogens (tertiary/aromatic N) is 1. The van der Waals surface area contributed by atoms with Crippen molar-refractivity contribution in [2.24, 2.45) is 0 Å². The number of rotatable bonds is 3. The molecular weight excluding hydrogens is 264 g/mol. The van der Waals surface area contributed by atoms with Crippen LogP contribution < -0.4 is 5.32 Å². The van der Waals surface area contributed by atoms with Crippen molar-refractivity contribution in [3.05, 3.63) is 16.0 Å². The van der Waals surface area contributed by atoms with Crippen molar-refractivity contribution in [2.45, 2.75) is 38.5 Å². The number of aliphatic carboxylic acids is 1. The maximum absolute atomic E-state index is 11.5. The summed E-state index contributed by atoms with van der Waals surface area (Å²) in [4.78, 5) is 23.1. The lowest BCUT2D eigenvalue weighted by Crippen LogP contribution is -2.15.